The van der Waals surface area contributed by atoms with Crippen LogP contribution >= 0.6 is 0 Å². The molecule has 2 aromatic rings. The molecule has 0 heterocycles. The van der Waals surface area contributed by atoms with Crippen LogP contribution in [-0.4, -0.2) is 37.0 Å². The first kappa shape index (κ1) is 24.8. The lowest BCUT2D eigenvalue weighted by Gasteiger charge is -2.22. The molecule has 172 valence electrons. The van der Waals surface area contributed by atoms with Crippen molar-refractivity contribution in [2.75, 3.05) is 7.11 Å². The van der Waals surface area contributed by atoms with Crippen molar-refractivity contribution in [2.45, 2.75) is 38.0 Å². The standard InChI is InChI=1S/C22H22F4N2O4/c1-13(29)27-18(11-15-5-9-17(23)10-6-15)20(30)28-19(21(31)32-2)12-14-3-7-16(8-4-14)22(24,25)26/h3-10,18-19H,11-12H2,1-2H3,(H,27,29)(H,28,30)/t18-,19+/m0/s1. The lowest BCUT2D eigenvalue weighted by Crippen LogP contribution is -2.53. The van der Waals surface area contributed by atoms with Gasteiger partial charge in [-0.3, -0.25) is 9.59 Å². The molecule has 0 aliphatic rings. The van der Waals surface area contributed by atoms with Crippen molar-refractivity contribution in [3.05, 3.63) is 71.0 Å². The van der Waals surface area contributed by atoms with Crippen LogP contribution in [0.5, 0.6) is 0 Å². The van der Waals surface area contributed by atoms with Crippen LogP contribution in [0, 0.1) is 5.82 Å². The van der Waals surface area contributed by atoms with Crippen LogP contribution in [0.15, 0.2) is 48.5 Å². The van der Waals surface area contributed by atoms with Crippen LogP contribution in [0.2, 0.25) is 0 Å². The summed E-state index contributed by atoms with van der Waals surface area (Å²) < 4.78 is 56.1. The highest BCUT2D eigenvalue weighted by Gasteiger charge is 2.31. The molecule has 2 rings (SSSR count). The van der Waals surface area contributed by atoms with Crippen molar-refractivity contribution in [2.24, 2.45) is 0 Å². The molecule has 0 saturated heterocycles. The Kier molecular flexibility index (Phi) is 8.34. The highest BCUT2D eigenvalue weighted by molar-refractivity contribution is 5.90. The number of rotatable bonds is 8. The predicted molar refractivity (Wildman–Crippen MR) is 107 cm³/mol. The number of methoxy groups -OCH3 is 1. The van der Waals surface area contributed by atoms with Gasteiger partial charge in [0.15, 0.2) is 0 Å². The van der Waals surface area contributed by atoms with Gasteiger partial charge in [-0.1, -0.05) is 24.3 Å². The second-order valence-electron chi connectivity index (χ2n) is 7.07. The normalized spacial score (nSPS) is 13.1. The summed E-state index contributed by atoms with van der Waals surface area (Å²) in [4.78, 5) is 36.5. The smallest absolute Gasteiger partial charge is 0.416 e. The van der Waals surface area contributed by atoms with E-state index < -0.39 is 47.4 Å². The summed E-state index contributed by atoms with van der Waals surface area (Å²) in [6.07, 6.45) is -4.60. The minimum Gasteiger partial charge on any atom is -0.467 e. The van der Waals surface area contributed by atoms with E-state index in [-0.39, 0.29) is 12.8 Å². The molecule has 0 saturated carbocycles. The van der Waals surface area contributed by atoms with Gasteiger partial charge in [0.05, 0.1) is 12.7 Å². The van der Waals surface area contributed by atoms with E-state index in [2.05, 4.69) is 10.6 Å². The Morgan fingerprint density at radius 1 is 0.875 bits per heavy atom. The van der Waals surface area contributed by atoms with E-state index in [1.165, 1.54) is 43.3 Å². The SMILES string of the molecule is COC(=O)[C@@H](Cc1ccc(C(F)(F)F)cc1)NC(=O)[C@H](Cc1ccc(F)cc1)NC(C)=O. The first-order chi connectivity index (χ1) is 15.0. The molecular formula is C22H22F4N2O4. The Balaban J connectivity index is 2.17. The van der Waals surface area contributed by atoms with E-state index in [4.69, 9.17) is 4.74 Å². The second-order valence-corrected chi connectivity index (χ2v) is 7.07. The van der Waals surface area contributed by atoms with Crippen molar-refractivity contribution < 1.29 is 36.7 Å². The fraction of sp³-hybridized carbons (Fsp3) is 0.318. The number of nitrogens with one attached hydrogen (secondary N) is 2. The number of esters is 1. The maximum absolute atomic E-state index is 13.1. The lowest BCUT2D eigenvalue weighted by atomic mass is 10.0. The van der Waals surface area contributed by atoms with Gasteiger partial charge in [-0.2, -0.15) is 13.2 Å². The van der Waals surface area contributed by atoms with Gasteiger partial charge in [-0.05, 0) is 35.4 Å². The number of carbonyl (C=O) groups is 3. The fourth-order valence-electron chi connectivity index (χ4n) is 2.98. The molecule has 2 N–H and O–H groups in total. The third-order valence-corrected chi connectivity index (χ3v) is 4.57. The van der Waals surface area contributed by atoms with Crippen molar-refractivity contribution >= 4 is 17.8 Å². The van der Waals surface area contributed by atoms with Crippen molar-refractivity contribution in [3.8, 4) is 0 Å². The zero-order valence-corrected chi connectivity index (χ0v) is 17.3. The maximum atomic E-state index is 13.1. The summed E-state index contributed by atoms with van der Waals surface area (Å²) in [5.41, 5.74) is 0.0888. The number of benzene rings is 2. The van der Waals surface area contributed by atoms with Gasteiger partial charge in [0, 0.05) is 19.8 Å². The molecule has 2 aromatic carbocycles. The Bertz CT molecular complexity index is 944. The maximum Gasteiger partial charge on any atom is 0.416 e. The zero-order valence-electron chi connectivity index (χ0n) is 17.3. The Morgan fingerprint density at radius 3 is 1.84 bits per heavy atom. The van der Waals surface area contributed by atoms with Crippen LogP contribution in [0.3, 0.4) is 0 Å². The summed E-state index contributed by atoms with van der Waals surface area (Å²) in [5.74, 6) is -2.46. The van der Waals surface area contributed by atoms with Crippen molar-refractivity contribution in [1.82, 2.24) is 10.6 Å². The summed E-state index contributed by atoms with van der Waals surface area (Å²) in [6.45, 7) is 1.21. The first-order valence-corrected chi connectivity index (χ1v) is 9.55. The number of hydrogen-bond donors (Lipinski definition) is 2. The van der Waals surface area contributed by atoms with E-state index in [0.717, 1.165) is 19.2 Å². The highest BCUT2D eigenvalue weighted by atomic mass is 19.4. The molecule has 0 aliphatic carbocycles. The number of amides is 2. The lowest BCUT2D eigenvalue weighted by molar-refractivity contribution is -0.145. The van der Waals surface area contributed by atoms with Crippen LogP contribution in [0.25, 0.3) is 0 Å². The Morgan fingerprint density at radius 2 is 1.38 bits per heavy atom. The van der Waals surface area contributed by atoms with E-state index >= 15 is 0 Å². The average molecular weight is 454 g/mol. The van der Waals surface area contributed by atoms with Gasteiger partial charge in [-0.25, -0.2) is 9.18 Å². The van der Waals surface area contributed by atoms with Crippen LogP contribution in [0.1, 0.15) is 23.6 Å². The van der Waals surface area contributed by atoms with Crippen LogP contribution in [-0.2, 0) is 38.1 Å². The molecule has 0 aliphatic heterocycles. The minimum atomic E-state index is -4.50. The molecule has 0 fully saturated rings. The quantitative estimate of drug-likeness (QED) is 0.475. The first-order valence-electron chi connectivity index (χ1n) is 9.55. The Labute approximate surface area is 181 Å². The molecule has 10 heteroatoms. The van der Waals surface area contributed by atoms with Crippen molar-refractivity contribution in [3.63, 3.8) is 0 Å². The second kappa shape index (κ2) is 10.7. The number of ether oxygens (including phenoxy) is 1. The molecule has 6 nitrogen and oxygen atoms in total. The van der Waals surface area contributed by atoms with Crippen molar-refractivity contribution in [1.29, 1.82) is 0 Å². The predicted octanol–water partition coefficient (Wildman–Crippen LogP) is 2.79. The molecule has 0 spiro atoms. The monoisotopic (exact) mass is 454 g/mol. The number of alkyl halides is 3. The van der Waals surface area contributed by atoms with Gasteiger partial charge in [-0.15, -0.1) is 0 Å². The summed E-state index contributed by atoms with van der Waals surface area (Å²) >= 11 is 0. The van der Waals surface area contributed by atoms with Gasteiger partial charge >= 0.3 is 12.1 Å². The number of carbonyl (C=O) groups excluding carboxylic acids is 3. The Hall–Kier alpha value is -3.43. The zero-order chi connectivity index (χ0) is 23.9. The fourth-order valence-corrected chi connectivity index (χ4v) is 2.98. The van der Waals surface area contributed by atoms with Crippen LogP contribution < -0.4 is 10.6 Å². The van der Waals surface area contributed by atoms with Crippen LogP contribution in [0.4, 0.5) is 17.6 Å². The third kappa shape index (κ3) is 7.36. The van der Waals surface area contributed by atoms with E-state index in [9.17, 15) is 31.9 Å². The minimum absolute atomic E-state index is 0.0276. The van der Waals surface area contributed by atoms with Gasteiger partial charge in [0.2, 0.25) is 11.8 Å². The molecule has 2 amide bonds. The topological polar surface area (TPSA) is 84.5 Å². The van der Waals surface area contributed by atoms with Gasteiger partial charge in [0.25, 0.3) is 0 Å². The molecule has 32 heavy (non-hydrogen) atoms. The molecule has 0 unspecified atom stereocenters. The largest absolute Gasteiger partial charge is 0.467 e. The summed E-state index contributed by atoms with van der Waals surface area (Å²) in [6, 6.07) is 7.21. The number of hydrogen-bond acceptors (Lipinski definition) is 4. The van der Waals surface area contributed by atoms with Gasteiger partial charge < -0.3 is 15.4 Å². The van der Waals surface area contributed by atoms with Gasteiger partial charge in [0.1, 0.15) is 17.9 Å². The molecule has 0 radical (unpaired) electrons. The average Bonchev–Trinajstić information content (AvgIpc) is 2.73. The van der Waals surface area contributed by atoms with E-state index in [0.29, 0.717) is 11.1 Å². The summed E-state index contributed by atoms with van der Waals surface area (Å²) in [7, 11) is 1.11. The molecular weight excluding hydrogens is 432 g/mol. The van der Waals surface area contributed by atoms with E-state index in [1.807, 2.05) is 0 Å². The molecule has 2 atom stereocenters. The molecule has 0 bridgehead atoms. The molecule has 0 aromatic heterocycles. The van der Waals surface area contributed by atoms with E-state index in [1.54, 1.807) is 0 Å². The number of halogens is 4. The third-order valence-electron chi connectivity index (χ3n) is 4.57. The highest BCUT2D eigenvalue weighted by Crippen LogP contribution is 2.29. The summed E-state index contributed by atoms with van der Waals surface area (Å²) in [5, 5.41) is 4.94.